The summed E-state index contributed by atoms with van der Waals surface area (Å²) >= 11 is 6.04. The Bertz CT molecular complexity index is 909. The largest absolute Gasteiger partial charge is 0.461 e. The molecule has 2 heterocycles. The van der Waals surface area contributed by atoms with E-state index in [-0.39, 0.29) is 24.7 Å². The number of rotatable bonds is 7. The van der Waals surface area contributed by atoms with Crippen molar-refractivity contribution in [2.45, 2.75) is 36.8 Å². The fraction of sp³-hybridized carbons (Fsp3) is 0.421. The fourth-order valence-corrected chi connectivity index (χ4v) is 3.48. The zero-order valence-corrected chi connectivity index (χ0v) is 16.4. The number of aromatic nitrogens is 2. The summed E-state index contributed by atoms with van der Waals surface area (Å²) in [5.74, 6) is -0.707. The van der Waals surface area contributed by atoms with Gasteiger partial charge in [-0.25, -0.2) is 4.79 Å². The minimum absolute atomic E-state index is 0.0752. The van der Waals surface area contributed by atoms with Gasteiger partial charge >= 0.3 is 11.7 Å². The number of carbonyl (C=O) groups is 1. The van der Waals surface area contributed by atoms with Crippen molar-refractivity contribution in [1.82, 2.24) is 9.55 Å². The van der Waals surface area contributed by atoms with Gasteiger partial charge in [-0.1, -0.05) is 30.3 Å². The van der Waals surface area contributed by atoms with Crippen LogP contribution in [0.2, 0.25) is 0 Å². The Morgan fingerprint density at radius 1 is 1.41 bits per heavy atom. The molecule has 1 aliphatic rings. The molecule has 0 spiro atoms. The maximum absolute atomic E-state index is 12.3. The van der Waals surface area contributed by atoms with Gasteiger partial charge in [-0.3, -0.25) is 9.36 Å². The Morgan fingerprint density at radius 3 is 2.79 bits per heavy atom. The average Bonchev–Trinajstić information content (AvgIpc) is 3.03. The van der Waals surface area contributed by atoms with Gasteiger partial charge in [0.2, 0.25) is 0 Å². The van der Waals surface area contributed by atoms with Crippen LogP contribution in [0.3, 0.4) is 0 Å². The summed E-state index contributed by atoms with van der Waals surface area (Å²) in [6.07, 6.45) is -0.0693. The molecule has 5 N–H and O–H groups in total. The molecule has 156 valence electrons. The standard InChI is InChI=1S/C19H23ClN4O5/c20-10-19(11-28-17(26)13(21)8-12-4-2-1-3-5-12)14(25)9-16(29-19)24-7-6-15(22)23-18(24)27/h1-7,13-14,16,25H,8-11,21H2,(H2,22,23,27)/t13-,14-,16+,19+/m0/s1. The lowest BCUT2D eigenvalue weighted by Crippen LogP contribution is -2.48. The lowest BCUT2D eigenvalue weighted by molar-refractivity contribution is -0.163. The number of nitrogen functional groups attached to an aromatic ring is 1. The number of halogens is 1. The molecule has 1 fully saturated rings. The molecule has 4 atom stereocenters. The van der Waals surface area contributed by atoms with Gasteiger partial charge in [0.25, 0.3) is 0 Å². The van der Waals surface area contributed by atoms with Crippen LogP contribution in [0.25, 0.3) is 0 Å². The van der Waals surface area contributed by atoms with Gasteiger partial charge in [0.1, 0.15) is 30.3 Å². The van der Waals surface area contributed by atoms with Crippen molar-refractivity contribution in [1.29, 1.82) is 0 Å². The summed E-state index contributed by atoms with van der Waals surface area (Å²) in [5, 5.41) is 10.5. The summed E-state index contributed by atoms with van der Waals surface area (Å²) in [6.45, 7) is -0.299. The first-order valence-electron chi connectivity index (χ1n) is 9.07. The van der Waals surface area contributed by atoms with Gasteiger partial charge in [-0.2, -0.15) is 4.98 Å². The van der Waals surface area contributed by atoms with Crippen LogP contribution >= 0.6 is 11.6 Å². The summed E-state index contributed by atoms with van der Waals surface area (Å²) in [5.41, 5.74) is 10.3. The molecule has 1 aromatic carbocycles. The van der Waals surface area contributed by atoms with Crippen molar-refractivity contribution >= 4 is 23.4 Å². The number of esters is 1. The molecule has 0 aliphatic carbocycles. The number of carbonyl (C=O) groups excluding carboxylic acids is 1. The topological polar surface area (TPSA) is 143 Å². The number of hydrogen-bond acceptors (Lipinski definition) is 8. The first-order valence-corrected chi connectivity index (χ1v) is 9.61. The third-order valence-electron chi connectivity index (χ3n) is 4.85. The summed E-state index contributed by atoms with van der Waals surface area (Å²) in [7, 11) is 0. The number of nitrogens with zero attached hydrogens (tertiary/aromatic N) is 2. The maximum Gasteiger partial charge on any atom is 0.351 e. The van der Waals surface area contributed by atoms with E-state index in [0.29, 0.717) is 6.42 Å². The molecule has 0 saturated carbocycles. The SMILES string of the molecule is Nc1ccn([C@H]2C[C@H](O)[C@@](CCl)(COC(=O)[C@@H](N)Cc3ccccc3)O2)c(=O)n1. The van der Waals surface area contributed by atoms with E-state index in [4.69, 9.17) is 32.5 Å². The van der Waals surface area contributed by atoms with Crippen LogP contribution in [-0.4, -0.2) is 50.9 Å². The molecular weight excluding hydrogens is 400 g/mol. The lowest BCUT2D eigenvalue weighted by Gasteiger charge is -2.29. The fourth-order valence-electron chi connectivity index (χ4n) is 3.16. The first kappa shape index (κ1) is 21.3. The zero-order chi connectivity index (χ0) is 21.0. The van der Waals surface area contributed by atoms with Crippen LogP contribution in [0.1, 0.15) is 18.2 Å². The maximum atomic E-state index is 12.3. The first-order chi connectivity index (χ1) is 13.8. The summed E-state index contributed by atoms with van der Waals surface area (Å²) < 4.78 is 12.4. The molecule has 2 aromatic rings. The molecule has 10 heteroatoms. The highest BCUT2D eigenvalue weighted by Crippen LogP contribution is 2.37. The molecule has 0 amide bonds. The van der Waals surface area contributed by atoms with Gasteiger partial charge in [-0.05, 0) is 18.1 Å². The Labute approximate surface area is 172 Å². The second kappa shape index (κ2) is 8.91. The highest BCUT2D eigenvalue weighted by atomic mass is 35.5. The monoisotopic (exact) mass is 422 g/mol. The molecule has 0 unspecified atom stereocenters. The second-order valence-corrected chi connectivity index (χ2v) is 7.24. The molecule has 3 rings (SSSR count). The van der Waals surface area contributed by atoms with E-state index in [1.165, 1.54) is 16.8 Å². The van der Waals surface area contributed by atoms with Crippen molar-refractivity contribution in [2.75, 3.05) is 18.2 Å². The smallest absolute Gasteiger partial charge is 0.351 e. The molecule has 1 saturated heterocycles. The Hall–Kier alpha value is -2.46. The molecule has 0 bridgehead atoms. The van der Waals surface area contributed by atoms with Crippen LogP contribution in [0.5, 0.6) is 0 Å². The van der Waals surface area contributed by atoms with Crippen molar-refractivity contribution in [3.63, 3.8) is 0 Å². The number of nitrogens with two attached hydrogens (primary N) is 2. The van der Waals surface area contributed by atoms with E-state index in [1.807, 2.05) is 30.3 Å². The van der Waals surface area contributed by atoms with Crippen LogP contribution < -0.4 is 17.2 Å². The Morgan fingerprint density at radius 2 is 2.14 bits per heavy atom. The molecule has 29 heavy (non-hydrogen) atoms. The molecular formula is C19H23ClN4O5. The number of ether oxygens (including phenoxy) is 2. The van der Waals surface area contributed by atoms with Gasteiger partial charge in [0.05, 0.1) is 12.0 Å². The Kier molecular flexibility index (Phi) is 6.53. The second-order valence-electron chi connectivity index (χ2n) is 6.97. The minimum atomic E-state index is -1.37. The number of aliphatic hydroxyl groups excluding tert-OH is 1. The molecule has 0 radical (unpaired) electrons. The van der Waals surface area contributed by atoms with E-state index in [0.717, 1.165) is 5.56 Å². The van der Waals surface area contributed by atoms with Crippen molar-refractivity contribution in [3.05, 3.63) is 58.6 Å². The van der Waals surface area contributed by atoms with Gasteiger partial charge in [-0.15, -0.1) is 11.6 Å². The Balaban J connectivity index is 1.65. The van der Waals surface area contributed by atoms with Gasteiger partial charge in [0, 0.05) is 12.6 Å². The summed E-state index contributed by atoms with van der Waals surface area (Å²) in [4.78, 5) is 28.0. The quantitative estimate of drug-likeness (QED) is 0.424. The number of benzene rings is 1. The molecule has 9 nitrogen and oxygen atoms in total. The average molecular weight is 423 g/mol. The van der Waals surface area contributed by atoms with E-state index in [1.54, 1.807) is 0 Å². The number of anilines is 1. The predicted octanol–water partition coefficient (Wildman–Crippen LogP) is 0.196. The predicted molar refractivity (Wildman–Crippen MR) is 106 cm³/mol. The van der Waals surface area contributed by atoms with Gasteiger partial charge < -0.3 is 26.0 Å². The van der Waals surface area contributed by atoms with Crippen LogP contribution in [0, 0.1) is 0 Å². The molecule has 1 aromatic heterocycles. The highest BCUT2D eigenvalue weighted by molar-refractivity contribution is 6.18. The van der Waals surface area contributed by atoms with Crippen LogP contribution in [-0.2, 0) is 20.7 Å². The number of alkyl halides is 1. The number of aliphatic hydroxyl groups is 1. The van der Waals surface area contributed by atoms with E-state index < -0.39 is 35.6 Å². The molecule has 1 aliphatic heterocycles. The van der Waals surface area contributed by atoms with Crippen LogP contribution in [0.15, 0.2) is 47.4 Å². The highest BCUT2D eigenvalue weighted by Gasteiger charge is 2.49. The lowest BCUT2D eigenvalue weighted by atomic mass is 10.00. The third kappa shape index (κ3) is 4.76. The minimum Gasteiger partial charge on any atom is -0.461 e. The van der Waals surface area contributed by atoms with Crippen molar-refractivity contribution in [3.8, 4) is 0 Å². The normalized spacial score (nSPS) is 24.9. The third-order valence-corrected chi connectivity index (χ3v) is 5.30. The van der Waals surface area contributed by atoms with E-state index >= 15 is 0 Å². The zero-order valence-electron chi connectivity index (χ0n) is 15.6. The van der Waals surface area contributed by atoms with E-state index in [2.05, 4.69) is 4.98 Å². The van der Waals surface area contributed by atoms with E-state index in [9.17, 15) is 14.7 Å². The summed E-state index contributed by atoms with van der Waals surface area (Å²) in [6, 6.07) is 9.87. The van der Waals surface area contributed by atoms with Gasteiger partial charge in [0.15, 0.2) is 0 Å². The van der Waals surface area contributed by atoms with Crippen molar-refractivity contribution in [2.24, 2.45) is 5.73 Å². The number of hydrogen-bond donors (Lipinski definition) is 3. The van der Waals surface area contributed by atoms with Crippen LogP contribution in [0.4, 0.5) is 5.82 Å². The van der Waals surface area contributed by atoms with Crippen molar-refractivity contribution < 1.29 is 19.4 Å².